The van der Waals surface area contributed by atoms with Crippen molar-refractivity contribution in [2.75, 3.05) is 19.8 Å². The SMILES string of the molecule is NCC1(c2nc(-c3cc(Cl)cc(Cl)c3)no2)CCOCC1. The molecule has 21 heavy (non-hydrogen) atoms. The third-order valence-electron chi connectivity index (χ3n) is 3.84. The van der Waals surface area contributed by atoms with Crippen LogP contribution in [-0.4, -0.2) is 29.9 Å². The lowest BCUT2D eigenvalue weighted by molar-refractivity contribution is 0.0409. The molecular formula is C14H15Cl2N3O2. The standard InChI is InChI=1S/C14H15Cl2N3O2/c15-10-5-9(6-11(16)7-10)12-18-13(21-19-12)14(8-17)1-3-20-4-2-14/h5-7H,1-4,8,17H2. The fourth-order valence-electron chi connectivity index (χ4n) is 2.51. The van der Waals surface area contributed by atoms with Crippen LogP contribution in [-0.2, 0) is 10.2 Å². The van der Waals surface area contributed by atoms with Gasteiger partial charge in [0, 0.05) is 35.4 Å². The van der Waals surface area contributed by atoms with Crippen molar-refractivity contribution in [2.24, 2.45) is 5.73 Å². The van der Waals surface area contributed by atoms with Gasteiger partial charge in [0.05, 0.1) is 5.41 Å². The summed E-state index contributed by atoms with van der Waals surface area (Å²) in [6, 6.07) is 5.16. The van der Waals surface area contributed by atoms with Gasteiger partial charge in [-0.1, -0.05) is 28.4 Å². The Hall–Kier alpha value is -1.14. The fraction of sp³-hybridized carbons (Fsp3) is 0.429. The quantitative estimate of drug-likeness (QED) is 0.937. The predicted octanol–water partition coefficient (Wildman–Crippen LogP) is 3.05. The maximum absolute atomic E-state index is 6.00. The molecule has 1 saturated heterocycles. The van der Waals surface area contributed by atoms with Gasteiger partial charge in [0.15, 0.2) is 0 Å². The van der Waals surface area contributed by atoms with E-state index in [0.29, 0.717) is 41.5 Å². The highest BCUT2D eigenvalue weighted by Crippen LogP contribution is 2.34. The van der Waals surface area contributed by atoms with E-state index >= 15 is 0 Å². The highest BCUT2D eigenvalue weighted by molar-refractivity contribution is 6.35. The maximum atomic E-state index is 6.00. The second kappa shape index (κ2) is 5.93. The molecule has 1 fully saturated rings. The van der Waals surface area contributed by atoms with Crippen molar-refractivity contribution in [1.29, 1.82) is 0 Å². The molecule has 7 heteroatoms. The molecule has 0 bridgehead atoms. The topological polar surface area (TPSA) is 74.2 Å². The van der Waals surface area contributed by atoms with E-state index in [2.05, 4.69) is 10.1 Å². The minimum atomic E-state index is -0.300. The molecule has 1 aromatic carbocycles. The number of rotatable bonds is 3. The van der Waals surface area contributed by atoms with E-state index in [9.17, 15) is 0 Å². The summed E-state index contributed by atoms with van der Waals surface area (Å²) in [5, 5.41) is 5.10. The Bertz CT molecular complexity index is 619. The smallest absolute Gasteiger partial charge is 0.234 e. The second-order valence-electron chi connectivity index (χ2n) is 5.18. The van der Waals surface area contributed by atoms with Crippen molar-refractivity contribution in [2.45, 2.75) is 18.3 Å². The molecule has 0 unspecified atom stereocenters. The molecule has 0 radical (unpaired) electrons. The molecule has 1 aromatic heterocycles. The summed E-state index contributed by atoms with van der Waals surface area (Å²) in [6.45, 7) is 1.75. The number of nitrogens with zero attached hydrogens (tertiary/aromatic N) is 2. The molecular weight excluding hydrogens is 313 g/mol. The van der Waals surface area contributed by atoms with Crippen LogP contribution >= 0.6 is 23.2 Å². The number of hydrogen-bond acceptors (Lipinski definition) is 5. The molecule has 1 aliphatic heterocycles. The van der Waals surface area contributed by atoms with E-state index in [4.69, 9.17) is 38.2 Å². The molecule has 2 N–H and O–H groups in total. The molecule has 5 nitrogen and oxygen atoms in total. The van der Waals surface area contributed by atoms with E-state index in [0.717, 1.165) is 18.4 Å². The van der Waals surface area contributed by atoms with E-state index in [-0.39, 0.29) is 5.41 Å². The van der Waals surface area contributed by atoms with Gasteiger partial charge >= 0.3 is 0 Å². The lowest BCUT2D eigenvalue weighted by Crippen LogP contribution is -2.40. The van der Waals surface area contributed by atoms with Crippen LogP contribution < -0.4 is 5.73 Å². The number of benzene rings is 1. The average molecular weight is 328 g/mol. The zero-order valence-electron chi connectivity index (χ0n) is 11.3. The molecule has 3 rings (SSSR count). The van der Waals surface area contributed by atoms with Crippen LogP contribution in [0, 0.1) is 0 Å². The first-order valence-corrected chi connectivity index (χ1v) is 7.47. The van der Waals surface area contributed by atoms with Crippen molar-refractivity contribution in [3.05, 3.63) is 34.1 Å². The zero-order valence-corrected chi connectivity index (χ0v) is 12.8. The zero-order chi connectivity index (χ0) is 14.9. The Labute approximate surface area is 132 Å². The summed E-state index contributed by atoms with van der Waals surface area (Å²) in [5.74, 6) is 1.02. The van der Waals surface area contributed by atoms with Gasteiger partial charge in [-0.3, -0.25) is 0 Å². The number of ether oxygens (including phenoxy) is 1. The van der Waals surface area contributed by atoms with Crippen molar-refractivity contribution in [3.8, 4) is 11.4 Å². The van der Waals surface area contributed by atoms with Crippen LogP contribution in [0.25, 0.3) is 11.4 Å². The largest absolute Gasteiger partial charge is 0.381 e. The van der Waals surface area contributed by atoms with Crippen LogP contribution in [0.2, 0.25) is 10.0 Å². The van der Waals surface area contributed by atoms with Crippen LogP contribution in [0.5, 0.6) is 0 Å². The predicted molar refractivity (Wildman–Crippen MR) is 80.5 cm³/mol. The van der Waals surface area contributed by atoms with Gasteiger partial charge in [0.25, 0.3) is 0 Å². The third-order valence-corrected chi connectivity index (χ3v) is 4.28. The van der Waals surface area contributed by atoms with Crippen LogP contribution in [0.15, 0.2) is 22.7 Å². The van der Waals surface area contributed by atoms with Gasteiger partial charge < -0.3 is 15.0 Å². The minimum absolute atomic E-state index is 0.300. The van der Waals surface area contributed by atoms with Gasteiger partial charge in [0.1, 0.15) is 0 Å². The summed E-state index contributed by atoms with van der Waals surface area (Å²) >= 11 is 12.0. The number of aromatic nitrogens is 2. The molecule has 1 aliphatic rings. The highest BCUT2D eigenvalue weighted by Gasteiger charge is 2.38. The molecule has 0 atom stereocenters. The van der Waals surface area contributed by atoms with Crippen molar-refractivity contribution in [1.82, 2.24) is 10.1 Å². The van der Waals surface area contributed by atoms with Crippen LogP contribution in [0.1, 0.15) is 18.7 Å². The Kier molecular flexibility index (Phi) is 4.17. The number of halogens is 2. The molecule has 112 valence electrons. The summed E-state index contributed by atoms with van der Waals surface area (Å²) in [7, 11) is 0. The summed E-state index contributed by atoms with van der Waals surface area (Å²) < 4.78 is 10.8. The lowest BCUT2D eigenvalue weighted by Gasteiger charge is -2.32. The molecule has 0 aliphatic carbocycles. The molecule has 0 spiro atoms. The Morgan fingerprint density at radius 1 is 1.14 bits per heavy atom. The van der Waals surface area contributed by atoms with Gasteiger partial charge in [-0.25, -0.2) is 0 Å². The summed E-state index contributed by atoms with van der Waals surface area (Å²) in [6.07, 6.45) is 1.56. The van der Waals surface area contributed by atoms with Gasteiger partial charge in [-0.05, 0) is 31.0 Å². The Morgan fingerprint density at radius 2 is 1.81 bits per heavy atom. The van der Waals surface area contributed by atoms with Crippen LogP contribution in [0.3, 0.4) is 0 Å². The summed E-state index contributed by atoms with van der Waals surface area (Å²) in [4.78, 5) is 4.50. The van der Waals surface area contributed by atoms with E-state index in [1.165, 1.54) is 0 Å². The molecule has 2 aromatic rings. The van der Waals surface area contributed by atoms with Gasteiger partial charge in [0.2, 0.25) is 11.7 Å². The van der Waals surface area contributed by atoms with Crippen molar-refractivity contribution < 1.29 is 9.26 Å². The second-order valence-corrected chi connectivity index (χ2v) is 6.05. The van der Waals surface area contributed by atoms with Crippen LogP contribution in [0.4, 0.5) is 0 Å². The van der Waals surface area contributed by atoms with Crippen molar-refractivity contribution in [3.63, 3.8) is 0 Å². The maximum Gasteiger partial charge on any atom is 0.234 e. The van der Waals surface area contributed by atoms with E-state index < -0.39 is 0 Å². The third kappa shape index (κ3) is 2.92. The first-order valence-electron chi connectivity index (χ1n) is 6.71. The Balaban J connectivity index is 1.95. The van der Waals surface area contributed by atoms with Gasteiger partial charge in [-0.2, -0.15) is 4.98 Å². The first kappa shape index (κ1) is 14.8. The first-order chi connectivity index (χ1) is 10.1. The van der Waals surface area contributed by atoms with Gasteiger partial charge in [-0.15, -0.1) is 0 Å². The van der Waals surface area contributed by atoms with E-state index in [1.54, 1.807) is 18.2 Å². The van der Waals surface area contributed by atoms with E-state index in [1.807, 2.05) is 0 Å². The molecule has 0 saturated carbocycles. The number of nitrogens with two attached hydrogens (primary N) is 1. The Morgan fingerprint density at radius 3 is 2.43 bits per heavy atom. The monoisotopic (exact) mass is 327 g/mol. The normalized spacial score (nSPS) is 17.9. The highest BCUT2D eigenvalue weighted by atomic mass is 35.5. The molecule has 2 heterocycles. The lowest BCUT2D eigenvalue weighted by atomic mass is 9.80. The average Bonchev–Trinajstić information content (AvgIpc) is 2.97. The molecule has 0 amide bonds. The fourth-order valence-corrected chi connectivity index (χ4v) is 3.03. The minimum Gasteiger partial charge on any atom is -0.381 e. The van der Waals surface area contributed by atoms with Crippen molar-refractivity contribution >= 4 is 23.2 Å². The number of hydrogen-bond donors (Lipinski definition) is 1. The summed E-state index contributed by atoms with van der Waals surface area (Å²) in [5.41, 5.74) is 6.36.